The maximum Gasteiger partial charge on any atom is 0.417 e. The van der Waals surface area contributed by atoms with Gasteiger partial charge in [-0.05, 0) is 47.9 Å². The number of fused-ring (bicyclic) bond motifs is 1. The Morgan fingerprint density at radius 3 is 2.61 bits per heavy atom. The van der Waals surface area contributed by atoms with Crippen molar-refractivity contribution in [3.05, 3.63) is 71.5 Å². The number of piperidine rings is 1. The van der Waals surface area contributed by atoms with Crippen molar-refractivity contribution < 1.29 is 23.1 Å². The highest BCUT2D eigenvalue weighted by molar-refractivity contribution is 6.05. The van der Waals surface area contributed by atoms with E-state index in [2.05, 4.69) is 4.98 Å². The molecule has 186 valence electrons. The van der Waals surface area contributed by atoms with Gasteiger partial charge in [0.1, 0.15) is 5.69 Å². The molecule has 2 aliphatic rings. The van der Waals surface area contributed by atoms with Gasteiger partial charge in [-0.15, -0.1) is 0 Å². The highest BCUT2D eigenvalue weighted by Gasteiger charge is 2.49. The zero-order valence-electron chi connectivity index (χ0n) is 19.5. The van der Waals surface area contributed by atoms with Crippen LogP contribution in [0.5, 0.6) is 0 Å². The molecule has 0 bridgehead atoms. The van der Waals surface area contributed by atoms with Crippen molar-refractivity contribution in [2.75, 3.05) is 37.7 Å². The second kappa shape index (κ2) is 9.10. The summed E-state index contributed by atoms with van der Waals surface area (Å²) >= 11 is 0. The van der Waals surface area contributed by atoms with E-state index in [1.54, 1.807) is 23.2 Å². The number of carbonyl (C=O) groups excluding carboxylic acids is 1. The fourth-order valence-electron chi connectivity index (χ4n) is 5.72. The third-order valence-corrected chi connectivity index (χ3v) is 7.75. The summed E-state index contributed by atoms with van der Waals surface area (Å²) in [5, 5.41) is 20.9. The number of hydrogen-bond donors (Lipinski definition) is 1. The Kier molecular flexibility index (Phi) is 6.08. The minimum absolute atomic E-state index is 0.0676. The normalized spacial score (nSPS) is 19.6. The maximum absolute atomic E-state index is 13.5. The molecule has 36 heavy (non-hydrogen) atoms. The highest BCUT2D eigenvalue weighted by atomic mass is 19.4. The lowest BCUT2D eigenvalue weighted by atomic mass is 9.71. The second-order valence-electron chi connectivity index (χ2n) is 9.63. The minimum Gasteiger partial charge on any atom is -0.396 e. The van der Waals surface area contributed by atoms with Crippen molar-refractivity contribution in [2.45, 2.75) is 19.0 Å². The van der Waals surface area contributed by atoms with Crippen LogP contribution in [-0.4, -0.2) is 53.7 Å². The van der Waals surface area contributed by atoms with Crippen LogP contribution in [0.2, 0.25) is 0 Å². The molecule has 1 unspecified atom stereocenters. The van der Waals surface area contributed by atoms with Crippen LogP contribution in [-0.2, 0) is 6.18 Å². The average Bonchev–Trinajstić information content (AvgIpc) is 3.25. The molecule has 0 radical (unpaired) electrons. The van der Waals surface area contributed by atoms with Crippen LogP contribution in [0.4, 0.5) is 18.9 Å². The zero-order chi connectivity index (χ0) is 25.5. The molecule has 0 saturated carbocycles. The Morgan fingerprint density at radius 2 is 1.92 bits per heavy atom. The van der Waals surface area contributed by atoms with Gasteiger partial charge in [0.25, 0.3) is 5.91 Å². The summed E-state index contributed by atoms with van der Waals surface area (Å²) < 4.78 is 40.3. The van der Waals surface area contributed by atoms with Crippen LogP contribution in [0.25, 0.3) is 10.8 Å². The second-order valence-corrected chi connectivity index (χ2v) is 9.63. The lowest BCUT2D eigenvalue weighted by Gasteiger charge is -2.43. The number of nitriles is 1. The fourth-order valence-corrected chi connectivity index (χ4v) is 5.72. The van der Waals surface area contributed by atoms with E-state index in [9.17, 15) is 23.1 Å². The maximum atomic E-state index is 13.5. The van der Waals surface area contributed by atoms with Gasteiger partial charge < -0.3 is 14.9 Å². The lowest BCUT2D eigenvalue weighted by molar-refractivity contribution is -0.137. The van der Waals surface area contributed by atoms with E-state index in [0.717, 1.165) is 16.8 Å². The van der Waals surface area contributed by atoms with Gasteiger partial charge in [-0.1, -0.05) is 24.3 Å². The van der Waals surface area contributed by atoms with E-state index >= 15 is 0 Å². The predicted octanol–water partition coefficient (Wildman–Crippen LogP) is 4.48. The monoisotopic (exact) mass is 494 g/mol. The van der Waals surface area contributed by atoms with E-state index in [1.807, 2.05) is 35.2 Å². The summed E-state index contributed by atoms with van der Waals surface area (Å²) in [4.78, 5) is 21.5. The quantitative estimate of drug-likeness (QED) is 0.581. The molecule has 5 rings (SSSR count). The number of amides is 1. The first kappa shape index (κ1) is 24.1. The van der Waals surface area contributed by atoms with Crippen LogP contribution in [0.3, 0.4) is 0 Å². The number of hydrogen-bond acceptors (Lipinski definition) is 5. The summed E-state index contributed by atoms with van der Waals surface area (Å²) in [5.74, 6) is -0.295. The smallest absolute Gasteiger partial charge is 0.396 e. The van der Waals surface area contributed by atoms with E-state index < -0.39 is 17.3 Å². The van der Waals surface area contributed by atoms with Crippen molar-refractivity contribution in [1.29, 1.82) is 5.26 Å². The van der Waals surface area contributed by atoms with E-state index in [4.69, 9.17) is 5.26 Å². The number of halogens is 3. The number of rotatable bonds is 3. The van der Waals surface area contributed by atoms with Gasteiger partial charge in [0.05, 0.1) is 17.2 Å². The van der Waals surface area contributed by atoms with Gasteiger partial charge in [-0.3, -0.25) is 9.78 Å². The first-order chi connectivity index (χ1) is 17.3. The molecule has 2 aromatic carbocycles. The molecule has 2 saturated heterocycles. The third-order valence-electron chi connectivity index (χ3n) is 7.75. The number of aromatic nitrogens is 1. The summed E-state index contributed by atoms with van der Waals surface area (Å²) in [6, 6.07) is 14.8. The Balaban J connectivity index is 1.35. The highest BCUT2D eigenvalue weighted by Crippen LogP contribution is 2.46. The van der Waals surface area contributed by atoms with Gasteiger partial charge in [0.2, 0.25) is 0 Å². The first-order valence-electron chi connectivity index (χ1n) is 11.9. The number of pyridine rings is 1. The fraction of sp³-hybridized carbons (Fsp3) is 0.370. The van der Waals surface area contributed by atoms with Gasteiger partial charge in [0, 0.05) is 56.0 Å². The number of likely N-dealkylation sites (tertiary alicyclic amines) is 1. The number of alkyl halides is 3. The molecule has 3 aromatic rings. The van der Waals surface area contributed by atoms with Crippen molar-refractivity contribution in [3.63, 3.8) is 0 Å². The number of carbonyl (C=O) groups is 1. The number of anilines is 1. The predicted molar refractivity (Wildman–Crippen MR) is 128 cm³/mol. The molecule has 3 heterocycles. The molecule has 6 nitrogen and oxygen atoms in total. The van der Waals surface area contributed by atoms with Crippen molar-refractivity contribution in [3.8, 4) is 6.07 Å². The van der Waals surface area contributed by atoms with Crippen molar-refractivity contribution in [2.24, 2.45) is 11.3 Å². The number of aliphatic hydroxyl groups is 1. The van der Waals surface area contributed by atoms with Gasteiger partial charge in [-0.2, -0.15) is 18.4 Å². The van der Waals surface area contributed by atoms with Crippen LogP contribution in [0, 0.1) is 22.7 Å². The molecule has 1 amide bonds. The number of aliphatic hydroxyl groups excluding tert-OH is 1. The molecule has 9 heteroatoms. The van der Waals surface area contributed by atoms with Crippen molar-refractivity contribution >= 4 is 22.4 Å². The largest absolute Gasteiger partial charge is 0.417 e. The standard InChI is InChI=1S/C27H25F3N4O2/c28-27(29,30)23-13-21(6-5-19(23)14-31)33-11-8-26(9-12-33)17-34(15-20(26)16-35)25(36)24-22-4-2-1-3-18(22)7-10-32-24/h1-7,10,13,20,35H,8-9,11-12,15-17H2. The molecule has 0 aliphatic carbocycles. The van der Waals surface area contributed by atoms with E-state index in [0.29, 0.717) is 50.4 Å². The van der Waals surface area contributed by atoms with Crippen LogP contribution < -0.4 is 4.90 Å². The van der Waals surface area contributed by atoms with Gasteiger partial charge >= 0.3 is 6.18 Å². The van der Waals surface area contributed by atoms with Crippen LogP contribution >= 0.6 is 0 Å². The van der Waals surface area contributed by atoms with E-state index in [-0.39, 0.29) is 23.8 Å². The van der Waals surface area contributed by atoms with E-state index in [1.165, 1.54) is 6.07 Å². The lowest BCUT2D eigenvalue weighted by Crippen LogP contribution is -2.45. The topological polar surface area (TPSA) is 80.5 Å². The third kappa shape index (κ3) is 4.16. The van der Waals surface area contributed by atoms with Crippen LogP contribution in [0.15, 0.2) is 54.7 Å². The molecule has 1 atom stereocenters. The van der Waals surface area contributed by atoms with Crippen LogP contribution in [0.1, 0.15) is 34.5 Å². The summed E-state index contributed by atoms with van der Waals surface area (Å²) in [5.41, 5.74) is -0.840. The SMILES string of the molecule is N#Cc1ccc(N2CCC3(CC2)CN(C(=O)c2nccc4ccccc24)CC3CO)cc1C(F)(F)F. The molecular formula is C27H25F3N4O2. The number of benzene rings is 2. The first-order valence-corrected chi connectivity index (χ1v) is 11.9. The number of nitrogens with zero attached hydrogens (tertiary/aromatic N) is 4. The Hall–Kier alpha value is -3.64. The molecular weight excluding hydrogens is 469 g/mol. The zero-order valence-corrected chi connectivity index (χ0v) is 19.5. The average molecular weight is 495 g/mol. The van der Waals surface area contributed by atoms with Gasteiger partial charge in [-0.25, -0.2) is 0 Å². The van der Waals surface area contributed by atoms with Gasteiger partial charge in [0.15, 0.2) is 0 Å². The summed E-state index contributed by atoms with van der Waals surface area (Å²) in [6.07, 6.45) is -1.73. The summed E-state index contributed by atoms with van der Waals surface area (Å²) in [7, 11) is 0. The minimum atomic E-state index is -4.61. The molecule has 1 aromatic heterocycles. The van der Waals surface area contributed by atoms with Crippen molar-refractivity contribution in [1.82, 2.24) is 9.88 Å². The molecule has 1 spiro atoms. The Morgan fingerprint density at radius 1 is 1.17 bits per heavy atom. The molecule has 1 N–H and O–H groups in total. The Bertz CT molecular complexity index is 1340. The summed E-state index contributed by atoms with van der Waals surface area (Å²) in [6.45, 7) is 1.80. The molecule has 2 fully saturated rings. The Labute approximate surface area is 206 Å². The molecule has 2 aliphatic heterocycles.